The lowest BCUT2D eigenvalue weighted by atomic mass is 9.98. The monoisotopic (exact) mass is 394 g/mol. The van der Waals surface area contributed by atoms with E-state index in [4.69, 9.17) is 5.10 Å². The first-order chi connectivity index (χ1) is 12.2. The van der Waals surface area contributed by atoms with E-state index in [1.54, 1.807) is 12.1 Å². The Hall–Kier alpha value is -2.46. The van der Waals surface area contributed by atoms with Gasteiger partial charge in [0.2, 0.25) is 0 Å². The molecule has 0 aromatic heterocycles. The van der Waals surface area contributed by atoms with Crippen LogP contribution in [-0.2, 0) is 0 Å². The van der Waals surface area contributed by atoms with Gasteiger partial charge in [0.05, 0.1) is 17.4 Å². The van der Waals surface area contributed by atoms with Crippen LogP contribution in [0.3, 0.4) is 0 Å². The first-order valence-corrected chi connectivity index (χ1v) is 8.94. The minimum Gasteiger partial charge on any atom is -0.254 e. The number of benzene rings is 3. The highest BCUT2D eigenvalue weighted by Gasteiger charge is 2.31. The van der Waals surface area contributed by atoms with E-state index < -0.39 is 0 Å². The third-order valence-corrected chi connectivity index (χ3v) is 4.90. The Morgan fingerprint density at radius 2 is 1.56 bits per heavy atom. The Bertz CT molecular complexity index is 907. The normalized spacial score (nSPS) is 16.8. The first kappa shape index (κ1) is 16.0. The van der Waals surface area contributed by atoms with Crippen LogP contribution in [0, 0.1) is 5.82 Å². The third-order valence-electron chi connectivity index (χ3n) is 4.37. The number of para-hydroxylation sites is 1. The molecule has 124 valence electrons. The summed E-state index contributed by atoms with van der Waals surface area (Å²) < 4.78 is 15.4. The highest BCUT2D eigenvalue weighted by atomic mass is 79.9. The Morgan fingerprint density at radius 3 is 2.28 bits per heavy atom. The first-order valence-electron chi connectivity index (χ1n) is 8.14. The van der Waals surface area contributed by atoms with Crippen molar-refractivity contribution in [3.8, 4) is 0 Å². The van der Waals surface area contributed by atoms with Crippen molar-refractivity contribution < 1.29 is 4.39 Å². The molecule has 4 rings (SSSR count). The molecule has 0 fully saturated rings. The number of rotatable bonds is 3. The Labute approximate surface area is 154 Å². The lowest BCUT2D eigenvalue weighted by Crippen LogP contribution is -2.19. The van der Waals surface area contributed by atoms with Crippen LogP contribution in [0.2, 0.25) is 0 Å². The highest BCUT2D eigenvalue weighted by Crippen LogP contribution is 2.37. The van der Waals surface area contributed by atoms with E-state index in [-0.39, 0.29) is 11.9 Å². The molecule has 1 atom stereocenters. The van der Waals surface area contributed by atoms with Crippen molar-refractivity contribution >= 4 is 27.3 Å². The van der Waals surface area contributed by atoms with Crippen LogP contribution in [0.15, 0.2) is 88.4 Å². The summed E-state index contributed by atoms with van der Waals surface area (Å²) in [6.07, 6.45) is 0.736. The zero-order chi connectivity index (χ0) is 17.2. The minimum atomic E-state index is -0.260. The maximum Gasteiger partial charge on any atom is 0.148 e. The van der Waals surface area contributed by atoms with E-state index in [2.05, 4.69) is 28.1 Å². The van der Waals surface area contributed by atoms with E-state index in [1.165, 1.54) is 6.07 Å². The molecule has 0 saturated carbocycles. The van der Waals surface area contributed by atoms with Gasteiger partial charge in [-0.15, -0.1) is 0 Å². The van der Waals surface area contributed by atoms with Crippen molar-refractivity contribution in [3.63, 3.8) is 0 Å². The smallest absolute Gasteiger partial charge is 0.148 e. The molecule has 1 heterocycles. The number of nitrogens with zero attached hydrogens (tertiary/aromatic N) is 2. The summed E-state index contributed by atoms with van der Waals surface area (Å²) in [6, 6.07) is 25.0. The molecule has 3 aromatic carbocycles. The average Bonchev–Trinajstić information content (AvgIpc) is 3.08. The molecule has 0 saturated heterocycles. The Balaban J connectivity index is 1.77. The van der Waals surface area contributed by atoms with Crippen LogP contribution in [-0.4, -0.2) is 5.71 Å². The summed E-state index contributed by atoms with van der Waals surface area (Å²) in [6.45, 7) is 0. The van der Waals surface area contributed by atoms with Gasteiger partial charge in [0.25, 0.3) is 0 Å². The molecule has 0 N–H and O–H groups in total. The number of anilines is 1. The molecule has 0 amide bonds. The van der Waals surface area contributed by atoms with Gasteiger partial charge in [0.1, 0.15) is 5.82 Å². The lowest BCUT2D eigenvalue weighted by molar-refractivity contribution is 0.606. The second-order valence-electron chi connectivity index (χ2n) is 5.98. The fourth-order valence-corrected chi connectivity index (χ4v) is 3.39. The second-order valence-corrected chi connectivity index (χ2v) is 6.90. The minimum absolute atomic E-state index is 0.0169. The number of hydrogen-bond acceptors (Lipinski definition) is 2. The van der Waals surface area contributed by atoms with Crippen LogP contribution < -0.4 is 5.01 Å². The van der Waals surface area contributed by atoms with Crippen molar-refractivity contribution in [3.05, 3.63) is 100 Å². The highest BCUT2D eigenvalue weighted by molar-refractivity contribution is 9.10. The molecule has 0 aliphatic carbocycles. The van der Waals surface area contributed by atoms with Crippen LogP contribution in [0.25, 0.3) is 0 Å². The molecule has 4 heteroatoms. The predicted molar refractivity (Wildman–Crippen MR) is 103 cm³/mol. The molecule has 1 aliphatic rings. The predicted octanol–water partition coefficient (Wildman–Crippen LogP) is 5.94. The van der Waals surface area contributed by atoms with E-state index in [1.807, 2.05) is 53.5 Å². The summed E-state index contributed by atoms with van der Waals surface area (Å²) in [5, 5.41) is 6.58. The van der Waals surface area contributed by atoms with Gasteiger partial charge in [-0.3, -0.25) is 5.01 Å². The van der Waals surface area contributed by atoms with Crippen molar-refractivity contribution in [1.29, 1.82) is 0 Å². The van der Waals surface area contributed by atoms with Gasteiger partial charge < -0.3 is 0 Å². The standard InChI is InChI=1S/C21H16BrFN2/c22-17-12-10-15(11-13-17)19-14-21(16-6-2-1-3-7-16)25(24-19)20-9-5-4-8-18(20)23/h1-13,21H,14H2. The van der Waals surface area contributed by atoms with E-state index >= 15 is 0 Å². The SMILES string of the molecule is Fc1ccccc1N1N=C(c2ccc(Br)cc2)CC1c1ccccc1. The molecular formula is C21H16BrFN2. The average molecular weight is 395 g/mol. The maximum atomic E-state index is 14.4. The van der Waals surface area contributed by atoms with E-state index in [9.17, 15) is 4.39 Å². The quantitative estimate of drug-likeness (QED) is 0.536. The lowest BCUT2D eigenvalue weighted by Gasteiger charge is -2.24. The van der Waals surface area contributed by atoms with Crippen LogP contribution in [0.4, 0.5) is 10.1 Å². The molecule has 3 aromatic rings. The summed E-state index contributed by atoms with van der Waals surface area (Å²) in [5.41, 5.74) is 3.65. The fraction of sp³-hybridized carbons (Fsp3) is 0.0952. The van der Waals surface area contributed by atoms with Crippen LogP contribution >= 0.6 is 15.9 Å². The van der Waals surface area contributed by atoms with E-state index in [0.29, 0.717) is 5.69 Å². The zero-order valence-electron chi connectivity index (χ0n) is 13.4. The molecule has 25 heavy (non-hydrogen) atoms. The molecule has 1 aliphatic heterocycles. The largest absolute Gasteiger partial charge is 0.254 e. The maximum absolute atomic E-state index is 14.4. The zero-order valence-corrected chi connectivity index (χ0v) is 15.0. The molecule has 0 spiro atoms. The van der Waals surface area contributed by atoms with Crippen molar-refractivity contribution in [2.75, 3.05) is 5.01 Å². The third kappa shape index (κ3) is 3.22. The van der Waals surface area contributed by atoms with Crippen LogP contribution in [0.5, 0.6) is 0 Å². The van der Waals surface area contributed by atoms with Gasteiger partial charge >= 0.3 is 0 Å². The number of halogens is 2. The number of hydrazone groups is 1. The molecule has 1 unspecified atom stereocenters. The molecule has 0 radical (unpaired) electrons. The van der Waals surface area contributed by atoms with Gasteiger partial charge in [-0.1, -0.05) is 70.5 Å². The summed E-state index contributed by atoms with van der Waals surface area (Å²) >= 11 is 3.46. The second kappa shape index (κ2) is 6.81. The Kier molecular flexibility index (Phi) is 4.36. The Morgan fingerprint density at radius 1 is 0.880 bits per heavy atom. The fourth-order valence-electron chi connectivity index (χ4n) is 3.12. The topological polar surface area (TPSA) is 15.6 Å². The van der Waals surface area contributed by atoms with Gasteiger partial charge in [0.15, 0.2) is 0 Å². The van der Waals surface area contributed by atoms with Gasteiger partial charge in [-0.2, -0.15) is 5.10 Å². The summed E-state index contributed by atoms with van der Waals surface area (Å²) in [7, 11) is 0. The molecular weight excluding hydrogens is 379 g/mol. The van der Waals surface area contributed by atoms with Gasteiger partial charge in [0, 0.05) is 10.9 Å². The van der Waals surface area contributed by atoms with Crippen molar-refractivity contribution in [1.82, 2.24) is 0 Å². The van der Waals surface area contributed by atoms with Gasteiger partial charge in [-0.25, -0.2) is 4.39 Å². The van der Waals surface area contributed by atoms with Gasteiger partial charge in [-0.05, 0) is 35.4 Å². The summed E-state index contributed by atoms with van der Waals surface area (Å²) in [5.74, 6) is -0.260. The van der Waals surface area contributed by atoms with Crippen molar-refractivity contribution in [2.45, 2.75) is 12.5 Å². The molecule has 2 nitrogen and oxygen atoms in total. The van der Waals surface area contributed by atoms with E-state index in [0.717, 1.165) is 27.7 Å². The van der Waals surface area contributed by atoms with Crippen LogP contribution in [0.1, 0.15) is 23.6 Å². The summed E-state index contributed by atoms with van der Waals surface area (Å²) in [4.78, 5) is 0. The molecule has 0 bridgehead atoms. The number of hydrogen-bond donors (Lipinski definition) is 0. The van der Waals surface area contributed by atoms with Crippen molar-refractivity contribution in [2.24, 2.45) is 5.10 Å².